The summed E-state index contributed by atoms with van der Waals surface area (Å²) in [6, 6.07) is 0. The normalized spacial score (nSPS) is 18.6. The van der Waals surface area contributed by atoms with Gasteiger partial charge in [0.25, 0.3) is 0 Å². The van der Waals surface area contributed by atoms with Gasteiger partial charge in [0, 0.05) is 0 Å². The van der Waals surface area contributed by atoms with Gasteiger partial charge in [-0.15, -0.1) is 0 Å². The third-order valence-electron chi connectivity index (χ3n) is 2.82. The number of carbonyl (C=O) groups excluding carboxylic acids is 2. The number of hydrogen-bond donors (Lipinski definition) is 0. The van der Waals surface area contributed by atoms with E-state index in [4.69, 9.17) is 14.2 Å². The van der Waals surface area contributed by atoms with Crippen molar-refractivity contribution in [2.24, 2.45) is 5.41 Å². The third kappa shape index (κ3) is 3.70. The molecule has 17 heavy (non-hydrogen) atoms. The van der Waals surface area contributed by atoms with Gasteiger partial charge in [-0.1, -0.05) is 0 Å². The fraction of sp³-hybridized carbons (Fsp3) is 0.833. The highest BCUT2D eigenvalue weighted by atomic mass is 16.6. The van der Waals surface area contributed by atoms with Crippen molar-refractivity contribution < 1.29 is 23.8 Å². The minimum absolute atomic E-state index is 0.179. The lowest BCUT2D eigenvalue weighted by molar-refractivity contribution is -0.171. The Morgan fingerprint density at radius 3 is 2.06 bits per heavy atom. The molecule has 1 unspecified atom stereocenters. The van der Waals surface area contributed by atoms with E-state index >= 15 is 0 Å². The maximum absolute atomic E-state index is 11.9. The molecule has 1 rings (SSSR count). The van der Waals surface area contributed by atoms with Crippen LogP contribution < -0.4 is 0 Å². The van der Waals surface area contributed by atoms with Gasteiger partial charge in [-0.3, -0.25) is 9.59 Å². The highest BCUT2D eigenvalue weighted by molar-refractivity contribution is 5.99. The summed E-state index contributed by atoms with van der Waals surface area (Å²) >= 11 is 0. The summed E-state index contributed by atoms with van der Waals surface area (Å²) in [6.07, 6.45) is 1.25. The summed E-state index contributed by atoms with van der Waals surface area (Å²) in [5, 5.41) is 0. The van der Waals surface area contributed by atoms with Gasteiger partial charge in [-0.05, 0) is 33.6 Å². The minimum Gasteiger partial charge on any atom is -0.465 e. The molecule has 0 aromatic carbocycles. The molecule has 0 aromatic heterocycles. The van der Waals surface area contributed by atoms with Crippen LogP contribution in [0.25, 0.3) is 0 Å². The Balaban J connectivity index is 2.65. The minimum atomic E-state index is -1.21. The van der Waals surface area contributed by atoms with E-state index < -0.39 is 17.4 Å². The maximum Gasteiger partial charge on any atom is 0.323 e. The number of hydrogen-bond acceptors (Lipinski definition) is 5. The molecule has 98 valence electrons. The van der Waals surface area contributed by atoms with Crippen LogP contribution in [0.3, 0.4) is 0 Å². The van der Waals surface area contributed by atoms with E-state index in [1.165, 1.54) is 0 Å². The third-order valence-corrected chi connectivity index (χ3v) is 2.82. The Labute approximate surface area is 101 Å². The Bertz CT molecular complexity index is 265. The zero-order valence-corrected chi connectivity index (χ0v) is 10.7. The highest BCUT2D eigenvalue weighted by Crippen LogP contribution is 2.30. The van der Waals surface area contributed by atoms with Crippen LogP contribution in [0.5, 0.6) is 0 Å². The molecule has 0 amide bonds. The molecule has 0 radical (unpaired) electrons. The van der Waals surface area contributed by atoms with Gasteiger partial charge in [0.15, 0.2) is 5.41 Å². The summed E-state index contributed by atoms with van der Waals surface area (Å²) in [5.41, 5.74) is -1.21. The molecule has 1 aliphatic heterocycles. The van der Waals surface area contributed by atoms with Crippen LogP contribution in [0.2, 0.25) is 0 Å². The van der Waals surface area contributed by atoms with Crippen molar-refractivity contribution in [2.75, 3.05) is 19.8 Å². The van der Waals surface area contributed by atoms with Crippen LogP contribution in [0.4, 0.5) is 0 Å². The van der Waals surface area contributed by atoms with Crippen molar-refractivity contribution in [1.82, 2.24) is 0 Å². The molecular formula is C12H20O5. The lowest BCUT2D eigenvalue weighted by Crippen LogP contribution is -2.39. The molecule has 0 spiro atoms. The van der Waals surface area contributed by atoms with Crippen molar-refractivity contribution >= 4 is 11.9 Å². The second-order valence-corrected chi connectivity index (χ2v) is 4.27. The first-order chi connectivity index (χ1) is 8.04. The van der Waals surface area contributed by atoms with Gasteiger partial charge in [-0.25, -0.2) is 0 Å². The quantitative estimate of drug-likeness (QED) is 0.383. The number of epoxide rings is 1. The monoisotopic (exact) mass is 244 g/mol. The predicted molar refractivity (Wildman–Crippen MR) is 60.3 cm³/mol. The second-order valence-electron chi connectivity index (χ2n) is 4.27. The van der Waals surface area contributed by atoms with E-state index in [9.17, 15) is 9.59 Å². The number of ether oxygens (including phenoxy) is 3. The number of carbonyl (C=O) groups is 2. The molecule has 0 bridgehead atoms. The lowest BCUT2D eigenvalue weighted by Gasteiger charge is -2.24. The van der Waals surface area contributed by atoms with Crippen molar-refractivity contribution in [2.45, 2.75) is 39.7 Å². The summed E-state index contributed by atoms with van der Waals surface area (Å²) < 4.78 is 15.0. The van der Waals surface area contributed by atoms with Gasteiger partial charge in [-0.2, -0.15) is 0 Å². The van der Waals surface area contributed by atoms with Crippen LogP contribution in [0.15, 0.2) is 0 Å². The second kappa shape index (κ2) is 6.00. The van der Waals surface area contributed by atoms with E-state index in [1.54, 1.807) is 20.8 Å². The summed E-state index contributed by atoms with van der Waals surface area (Å²) in [7, 11) is 0. The molecule has 5 heteroatoms. The summed E-state index contributed by atoms with van der Waals surface area (Å²) in [4.78, 5) is 23.7. The molecule has 1 saturated heterocycles. The Morgan fingerprint density at radius 2 is 1.71 bits per heavy atom. The molecule has 1 aliphatic rings. The predicted octanol–water partition coefficient (Wildman–Crippen LogP) is 1.30. The molecule has 1 heterocycles. The SMILES string of the molecule is CCOC(=O)C(C)(CCC1CO1)C(=O)OCC. The molecule has 5 nitrogen and oxygen atoms in total. The van der Waals surface area contributed by atoms with E-state index in [-0.39, 0.29) is 19.3 Å². The zero-order valence-electron chi connectivity index (χ0n) is 10.7. The van der Waals surface area contributed by atoms with Gasteiger partial charge in [0.05, 0.1) is 25.9 Å². The molecule has 0 aliphatic carbocycles. The molecule has 0 aromatic rings. The van der Waals surface area contributed by atoms with Crippen LogP contribution >= 0.6 is 0 Å². The van der Waals surface area contributed by atoms with Gasteiger partial charge >= 0.3 is 11.9 Å². The van der Waals surface area contributed by atoms with E-state index in [1.807, 2.05) is 0 Å². The van der Waals surface area contributed by atoms with Gasteiger partial charge in [0.1, 0.15) is 0 Å². The van der Waals surface area contributed by atoms with Crippen LogP contribution in [0.1, 0.15) is 33.6 Å². The number of rotatable bonds is 7. The first kappa shape index (κ1) is 14.0. The van der Waals surface area contributed by atoms with E-state index in [0.717, 1.165) is 0 Å². The number of esters is 2. The van der Waals surface area contributed by atoms with E-state index in [2.05, 4.69) is 0 Å². The van der Waals surface area contributed by atoms with Crippen molar-refractivity contribution in [3.8, 4) is 0 Å². The van der Waals surface area contributed by atoms with Crippen LogP contribution in [-0.2, 0) is 23.8 Å². The fourth-order valence-electron chi connectivity index (χ4n) is 1.55. The van der Waals surface area contributed by atoms with Crippen molar-refractivity contribution in [3.63, 3.8) is 0 Å². The standard InChI is InChI=1S/C12H20O5/c1-4-15-10(13)12(3,11(14)16-5-2)7-6-9-8-17-9/h9H,4-8H2,1-3H3. The van der Waals surface area contributed by atoms with Crippen LogP contribution in [-0.4, -0.2) is 37.9 Å². The summed E-state index contributed by atoms with van der Waals surface area (Å²) in [5.74, 6) is -1.03. The Morgan fingerprint density at radius 1 is 1.24 bits per heavy atom. The van der Waals surface area contributed by atoms with Gasteiger partial charge in [0.2, 0.25) is 0 Å². The molecule has 0 N–H and O–H groups in total. The first-order valence-electron chi connectivity index (χ1n) is 6.00. The molecule has 1 atom stereocenters. The van der Waals surface area contributed by atoms with E-state index in [0.29, 0.717) is 19.4 Å². The lowest BCUT2D eigenvalue weighted by atomic mass is 9.85. The summed E-state index contributed by atoms with van der Waals surface area (Å²) in [6.45, 7) is 6.23. The zero-order chi connectivity index (χ0) is 12.9. The largest absolute Gasteiger partial charge is 0.465 e. The van der Waals surface area contributed by atoms with Crippen molar-refractivity contribution in [3.05, 3.63) is 0 Å². The molecule has 0 saturated carbocycles. The smallest absolute Gasteiger partial charge is 0.323 e. The first-order valence-corrected chi connectivity index (χ1v) is 6.00. The maximum atomic E-state index is 11.9. The van der Waals surface area contributed by atoms with Crippen LogP contribution in [0, 0.1) is 5.41 Å². The Hall–Kier alpha value is -1.10. The average molecular weight is 244 g/mol. The topological polar surface area (TPSA) is 65.1 Å². The Kier molecular flexibility index (Phi) is 4.93. The fourth-order valence-corrected chi connectivity index (χ4v) is 1.55. The highest BCUT2D eigenvalue weighted by Gasteiger charge is 2.45. The molecule has 1 fully saturated rings. The average Bonchev–Trinajstić information content (AvgIpc) is 3.10. The molecular weight excluding hydrogens is 224 g/mol. The van der Waals surface area contributed by atoms with Gasteiger partial charge < -0.3 is 14.2 Å². The van der Waals surface area contributed by atoms with Crippen molar-refractivity contribution in [1.29, 1.82) is 0 Å².